The minimum absolute atomic E-state index is 0.290. The second kappa shape index (κ2) is 4.04. The molecule has 0 atom stereocenters. The number of methoxy groups -OCH3 is 1. The van der Waals surface area contributed by atoms with Crippen molar-refractivity contribution in [2.75, 3.05) is 33.7 Å². The number of hydrogen-bond acceptors (Lipinski definition) is 3. The third-order valence-corrected chi connectivity index (χ3v) is 2.18. The van der Waals surface area contributed by atoms with E-state index < -0.39 is 0 Å². The molecule has 0 radical (unpaired) electrons. The van der Waals surface area contributed by atoms with Gasteiger partial charge in [0, 0.05) is 12.5 Å². The van der Waals surface area contributed by atoms with Crippen LogP contribution in [-0.2, 0) is 14.2 Å². The zero-order valence-corrected chi connectivity index (χ0v) is 7.26. The molecule has 3 heteroatoms. The van der Waals surface area contributed by atoms with Gasteiger partial charge in [-0.05, 0) is 6.42 Å². The molecule has 1 heterocycles. The first-order valence-corrected chi connectivity index (χ1v) is 3.97. The zero-order chi connectivity index (χ0) is 8.16. The van der Waals surface area contributed by atoms with Crippen LogP contribution in [0.5, 0.6) is 0 Å². The summed E-state index contributed by atoms with van der Waals surface area (Å²) in [7, 11) is 1.63. The van der Waals surface area contributed by atoms with E-state index in [0.717, 1.165) is 26.2 Å². The van der Waals surface area contributed by atoms with Crippen molar-refractivity contribution in [3.05, 3.63) is 0 Å². The Morgan fingerprint density at radius 2 is 2.18 bits per heavy atom. The van der Waals surface area contributed by atoms with Crippen LogP contribution >= 0.6 is 0 Å². The van der Waals surface area contributed by atoms with Gasteiger partial charge in [-0.2, -0.15) is 0 Å². The lowest BCUT2D eigenvalue weighted by atomic mass is 9.84. The lowest BCUT2D eigenvalue weighted by molar-refractivity contribution is -0.169. The standard InChI is InChI=1S/C8H16O3/c1-3-8(4-10-5-8)6-11-7-9-2/h3-7H2,1-2H3. The van der Waals surface area contributed by atoms with Crippen molar-refractivity contribution >= 4 is 0 Å². The predicted octanol–water partition coefficient (Wildman–Crippen LogP) is 1.03. The van der Waals surface area contributed by atoms with E-state index in [1.165, 1.54) is 0 Å². The van der Waals surface area contributed by atoms with Crippen molar-refractivity contribution in [3.63, 3.8) is 0 Å². The summed E-state index contributed by atoms with van der Waals surface area (Å²) < 4.78 is 15.2. The van der Waals surface area contributed by atoms with Crippen LogP contribution in [0.4, 0.5) is 0 Å². The smallest absolute Gasteiger partial charge is 0.146 e. The van der Waals surface area contributed by atoms with E-state index in [1.807, 2.05) is 0 Å². The Morgan fingerprint density at radius 3 is 2.55 bits per heavy atom. The monoisotopic (exact) mass is 160 g/mol. The van der Waals surface area contributed by atoms with Crippen molar-refractivity contribution in [3.8, 4) is 0 Å². The summed E-state index contributed by atoms with van der Waals surface area (Å²) in [6, 6.07) is 0. The number of hydrogen-bond donors (Lipinski definition) is 0. The van der Waals surface area contributed by atoms with Crippen molar-refractivity contribution in [1.82, 2.24) is 0 Å². The molecule has 1 aliphatic heterocycles. The second-order valence-electron chi connectivity index (χ2n) is 3.10. The fourth-order valence-electron chi connectivity index (χ4n) is 1.12. The van der Waals surface area contributed by atoms with Crippen LogP contribution < -0.4 is 0 Å². The van der Waals surface area contributed by atoms with Gasteiger partial charge in [0.15, 0.2) is 0 Å². The first-order chi connectivity index (χ1) is 5.33. The summed E-state index contributed by atoms with van der Waals surface area (Å²) in [5, 5.41) is 0. The van der Waals surface area contributed by atoms with Crippen molar-refractivity contribution in [2.24, 2.45) is 5.41 Å². The molecule has 0 aromatic heterocycles. The van der Waals surface area contributed by atoms with Crippen LogP contribution in [-0.4, -0.2) is 33.7 Å². The molecule has 1 aliphatic rings. The summed E-state index contributed by atoms with van der Waals surface area (Å²) >= 11 is 0. The molecular weight excluding hydrogens is 144 g/mol. The Hall–Kier alpha value is -0.120. The van der Waals surface area contributed by atoms with Crippen LogP contribution in [0.1, 0.15) is 13.3 Å². The topological polar surface area (TPSA) is 27.7 Å². The maximum atomic E-state index is 5.28. The van der Waals surface area contributed by atoms with Gasteiger partial charge in [0.25, 0.3) is 0 Å². The zero-order valence-electron chi connectivity index (χ0n) is 7.26. The van der Waals surface area contributed by atoms with Gasteiger partial charge in [-0.25, -0.2) is 0 Å². The molecule has 0 unspecified atom stereocenters. The van der Waals surface area contributed by atoms with Gasteiger partial charge in [0.1, 0.15) is 6.79 Å². The molecule has 0 aromatic carbocycles. The predicted molar refractivity (Wildman–Crippen MR) is 41.4 cm³/mol. The van der Waals surface area contributed by atoms with E-state index in [9.17, 15) is 0 Å². The van der Waals surface area contributed by atoms with Crippen LogP contribution in [0.3, 0.4) is 0 Å². The molecule has 0 amide bonds. The average Bonchev–Trinajstić information content (AvgIpc) is 1.95. The molecule has 11 heavy (non-hydrogen) atoms. The van der Waals surface area contributed by atoms with Gasteiger partial charge in [-0.3, -0.25) is 0 Å². The third-order valence-electron chi connectivity index (χ3n) is 2.18. The van der Waals surface area contributed by atoms with Gasteiger partial charge < -0.3 is 14.2 Å². The van der Waals surface area contributed by atoms with Gasteiger partial charge in [0.2, 0.25) is 0 Å². The molecule has 1 saturated heterocycles. The van der Waals surface area contributed by atoms with Crippen LogP contribution in [0.2, 0.25) is 0 Å². The lowest BCUT2D eigenvalue weighted by Crippen LogP contribution is -2.45. The fourth-order valence-corrected chi connectivity index (χ4v) is 1.12. The quantitative estimate of drug-likeness (QED) is 0.444. The molecule has 0 N–H and O–H groups in total. The van der Waals surface area contributed by atoms with Gasteiger partial charge in [-0.1, -0.05) is 6.92 Å². The Balaban J connectivity index is 2.11. The Kier molecular flexibility index (Phi) is 3.30. The van der Waals surface area contributed by atoms with Gasteiger partial charge >= 0.3 is 0 Å². The third kappa shape index (κ3) is 2.15. The van der Waals surface area contributed by atoms with Crippen LogP contribution in [0.15, 0.2) is 0 Å². The molecule has 3 nitrogen and oxygen atoms in total. The highest BCUT2D eigenvalue weighted by Gasteiger charge is 2.36. The van der Waals surface area contributed by atoms with E-state index >= 15 is 0 Å². The van der Waals surface area contributed by atoms with Crippen LogP contribution in [0.25, 0.3) is 0 Å². The molecular formula is C8H16O3. The van der Waals surface area contributed by atoms with E-state index in [4.69, 9.17) is 14.2 Å². The second-order valence-corrected chi connectivity index (χ2v) is 3.10. The Labute approximate surface area is 67.6 Å². The minimum atomic E-state index is 0.290. The summed E-state index contributed by atoms with van der Waals surface area (Å²) in [5.41, 5.74) is 0.290. The van der Waals surface area contributed by atoms with Crippen molar-refractivity contribution in [2.45, 2.75) is 13.3 Å². The maximum absolute atomic E-state index is 5.28. The van der Waals surface area contributed by atoms with E-state index in [1.54, 1.807) is 7.11 Å². The maximum Gasteiger partial charge on any atom is 0.146 e. The number of rotatable bonds is 5. The largest absolute Gasteiger partial charge is 0.380 e. The molecule has 0 saturated carbocycles. The summed E-state index contributed by atoms with van der Waals surface area (Å²) in [6.07, 6.45) is 1.12. The minimum Gasteiger partial charge on any atom is -0.380 e. The number of ether oxygens (including phenoxy) is 3. The average molecular weight is 160 g/mol. The molecule has 1 fully saturated rings. The van der Waals surface area contributed by atoms with Crippen LogP contribution in [0, 0.1) is 5.41 Å². The first-order valence-electron chi connectivity index (χ1n) is 3.97. The molecule has 1 rings (SSSR count). The summed E-state index contributed by atoms with van der Waals surface area (Å²) in [6.45, 7) is 5.00. The molecule has 66 valence electrons. The normalized spacial score (nSPS) is 21.3. The van der Waals surface area contributed by atoms with Crippen molar-refractivity contribution in [1.29, 1.82) is 0 Å². The van der Waals surface area contributed by atoms with Gasteiger partial charge in [0.05, 0.1) is 19.8 Å². The highest BCUT2D eigenvalue weighted by Crippen LogP contribution is 2.31. The van der Waals surface area contributed by atoms with E-state index in [2.05, 4.69) is 6.92 Å². The van der Waals surface area contributed by atoms with E-state index in [-0.39, 0.29) is 0 Å². The molecule has 0 aliphatic carbocycles. The highest BCUT2D eigenvalue weighted by molar-refractivity contribution is 4.83. The van der Waals surface area contributed by atoms with E-state index in [0.29, 0.717) is 12.2 Å². The first kappa shape index (κ1) is 8.97. The van der Waals surface area contributed by atoms with Crippen molar-refractivity contribution < 1.29 is 14.2 Å². The Bertz CT molecular complexity index is 104. The molecule has 0 aromatic rings. The molecule has 0 bridgehead atoms. The fraction of sp³-hybridized carbons (Fsp3) is 1.00. The highest BCUT2D eigenvalue weighted by atomic mass is 16.7. The Morgan fingerprint density at radius 1 is 1.45 bits per heavy atom. The van der Waals surface area contributed by atoms with Gasteiger partial charge in [-0.15, -0.1) is 0 Å². The SMILES string of the molecule is CCC1(COCOC)COC1. The summed E-state index contributed by atoms with van der Waals surface area (Å²) in [4.78, 5) is 0. The summed E-state index contributed by atoms with van der Waals surface area (Å²) in [5.74, 6) is 0. The molecule has 0 spiro atoms. The lowest BCUT2D eigenvalue weighted by Gasteiger charge is -2.40.